The van der Waals surface area contributed by atoms with Crippen molar-refractivity contribution in [1.29, 1.82) is 0 Å². The normalized spacial score (nSPS) is 13.6. The Labute approximate surface area is 84.5 Å². The van der Waals surface area contributed by atoms with Gasteiger partial charge in [0.1, 0.15) is 0 Å². The van der Waals surface area contributed by atoms with E-state index in [2.05, 4.69) is 4.72 Å². The average Bonchev–Trinajstić information content (AvgIpc) is 2.02. The molecule has 0 saturated carbocycles. The molecule has 7 heteroatoms. The molecular weight excluding hydrogens is 226 g/mol. The molecule has 78 valence electrons. The minimum Gasteiger partial charge on any atom is -0.768 e. The summed E-state index contributed by atoms with van der Waals surface area (Å²) in [5.41, 5.74) is 0.335. The first kappa shape index (κ1) is 11.2. The van der Waals surface area contributed by atoms with Gasteiger partial charge in [-0.1, -0.05) is 0 Å². The molecule has 5 nitrogen and oxygen atoms in total. The molecule has 0 aliphatic rings. The summed E-state index contributed by atoms with van der Waals surface area (Å²) in [6.45, 7) is 0. The predicted molar refractivity (Wildman–Crippen MR) is 52.1 cm³/mol. The van der Waals surface area contributed by atoms with Crippen LogP contribution in [0.3, 0.4) is 0 Å². The van der Waals surface area contributed by atoms with Gasteiger partial charge in [0.05, 0.1) is 6.26 Å². The summed E-state index contributed by atoms with van der Waals surface area (Å²) < 4.78 is 44.7. The molecule has 14 heavy (non-hydrogen) atoms. The van der Waals surface area contributed by atoms with Crippen LogP contribution in [0.1, 0.15) is 0 Å². The Kier molecular flexibility index (Phi) is 3.25. The van der Waals surface area contributed by atoms with E-state index in [0.29, 0.717) is 5.69 Å². The Morgan fingerprint density at radius 2 is 1.79 bits per heavy atom. The summed E-state index contributed by atoms with van der Waals surface area (Å²) >= 11 is -2.29. The molecule has 0 aliphatic heterocycles. The predicted octanol–water partition coefficient (Wildman–Crippen LogP) is 0.296. The van der Waals surface area contributed by atoms with Crippen LogP contribution in [0, 0.1) is 0 Å². The van der Waals surface area contributed by atoms with Crippen molar-refractivity contribution in [1.82, 2.24) is 0 Å². The van der Waals surface area contributed by atoms with Gasteiger partial charge >= 0.3 is 0 Å². The van der Waals surface area contributed by atoms with Crippen LogP contribution < -0.4 is 4.72 Å². The maximum absolute atomic E-state index is 10.8. The average molecular weight is 234 g/mol. The highest BCUT2D eigenvalue weighted by Gasteiger charge is 2.01. The van der Waals surface area contributed by atoms with Gasteiger partial charge in [-0.3, -0.25) is 8.93 Å². The summed E-state index contributed by atoms with van der Waals surface area (Å²) in [5.74, 6) is 0. The maximum Gasteiger partial charge on any atom is 0.229 e. The van der Waals surface area contributed by atoms with Gasteiger partial charge in [-0.25, -0.2) is 8.42 Å². The number of hydrogen-bond donors (Lipinski definition) is 1. The van der Waals surface area contributed by atoms with Gasteiger partial charge in [-0.2, -0.15) is 0 Å². The minimum absolute atomic E-state index is 0.115. The van der Waals surface area contributed by atoms with Crippen molar-refractivity contribution in [3.63, 3.8) is 0 Å². The topological polar surface area (TPSA) is 86.3 Å². The van der Waals surface area contributed by atoms with Crippen molar-refractivity contribution < 1.29 is 17.2 Å². The summed E-state index contributed by atoms with van der Waals surface area (Å²) in [7, 11) is -3.31. The van der Waals surface area contributed by atoms with Crippen LogP contribution in [0.4, 0.5) is 5.69 Å². The Hall–Kier alpha value is -0.920. The van der Waals surface area contributed by atoms with Crippen LogP contribution in [0.25, 0.3) is 0 Å². The maximum atomic E-state index is 10.8. The van der Waals surface area contributed by atoms with E-state index in [1.807, 2.05) is 0 Å². The number of hydrogen-bond acceptors (Lipinski definition) is 4. The molecule has 1 unspecified atom stereocenters. The molecule has 1 N–H and O–H groups in total. The first-order chi connectivity index (χ1) is 6.38. The second-order valence-corrected chi connectivity index (χ2v) is 5.32. The number of rotatable bonds is 3. The molecule has 0 saturated heterocycles. The van der Waals surface area contributed by atoms with Gasteiger partial charge in [-0.05, 0) is 35.3 Å². The summed E-state index contributed by atoms with van der Waals surface area (Å²) in [6, 6.07) is 5.39. The molecule has 0 aliphatic carbocycles. The highest BCUT2D eigenvalue weighted by molar-refractivity contribution is 7.92. The molecular formula is C7H8NO4S2-. The molecule has 0 fully saturated rings. The third kappa shape index (κ3) is 3.44. The minimum atomic E-state index is -3.31. The van der Waals surface area contributed by atoms with Crippen LogP contribution in [0.5, 0.6) is 0 Å². The van der Waals surface area contributed by atoms with Crippen LogP contribution in [0.2, 0.25) is 0 Å². The molecule has 0 spiro atoms. The van der Waals surface area contributed by atoms with Gasteiger partial charge < -0.3 is 4.55 Å². The van der Waals surface area contributed by atoms with Crippen LogP contribution in [-0.2, 0) is 21.1 Å². The lowest BCUT2D eigenvalue weighted by atomic mass is 10.3. The molecule has 0 heterocycles. The lowest BCUT2D eigenvalue weighted by Gasteiger charge is -2.06. The molecule has 0 amide bonds. The van der Waals surface area contributed by atoms with E-state index < -0.39 is 21.1 Å². The Morgan fingerprint density at radius 3 is 2.14 bits per heavy atom. The van der Waals surface area contributed by atoms with Crippen LogP contribution >= 0.6 is 0 Å². The molecule has 1 rings (SSSR count). The van der Waals surface area contributed by atoms with E-state index in [9.17, 15) is 17.2 Å². The van der Waals surface area contributed by atoms with Crippen molar-refractivity contribution in [2.45, 2.75) is 4.90 Å². The highest BCUT2D eigenvalue weighted by atomic mass is 32.2. The second-order valence-electron chi connectivity index (χ2n) is 2.63. The zero-order valence-electron chi connectivity index (χ0n) is 7.26. The third-order valence-electron chi connectivity index (χ3n) is 1.35. The summed E-state index contributed by atoms with van der Waals surface area (Å²) in [4.78, 5) is 0.115. The fourth-order valence-corrected chi connectivity index (χ4v) is 1.77. The number of nitrogens with one attached hydrogen (secondary N) is 1. The van der Waals surface area contributed by atoms with E-state index in [-0.39, 0.29) is 4.90 Å². The Morgan fingerprint density at radius 1 is 1.29 bits per heavy atom. The lowest BCUT2D eigenvalue weighted by Crippen LogP contribution is -2.09. The van der Waals surface area contributed by atoms with Gasteiger partial charge in [0.2, 0.25) is 10.0 Å². The quantitative estimate of drug-likeness (QED) is 0.762. The van der Waals surface area contributed by atoms with E-state index in [1.54, 1.807) is 0 Å². The first-order valence-electron chi connectivity index (χ1n) is 3.55. The zero-order valence-corrected chi connectivity index (χ0v) is 8.89. The van der Waals surface area contributed by atoms with Crippen molar-refractivity contribution in [3.8, 4) is 0 Å². The largest absolute Gasteiger partial charge is 0.768 e. The molecule has 1 aromatic carbocycles. The molecule has 0 bridgehead atoms. The van der Waals surface area contributed by atoms with Crippen LogP contribution in [0.15, 0.2) is 29.2 Å². The molecule has 1 aromatic rings. The fraction of sp³-hybridized carbons (Fsp3) is 0.143. The van der Waals surface area contributed by atoms with Crippen molar-refractivity contribution in [2.24, 2.45) is 0 Å². The highest BCUT2D eigenvalue weighted by Crippen LogP contribution is 2.12. The van der Waals surface area contributed by atoms with Gasteiger partial charge in [-0.15, -0.1) is 0 Å². The smallest absolute Gasteiger partial charge is 0.229 e. The van der Waals surface area contributed by atoms with Crippen molar-refractivity contribution in [3.05, 3.63) is 24.3 Å². The monoisotopic (exact) mass is 234 g/mol. The van der Waals surface area contributed by atoms with Crippen LogP contribution in [-0.4, -0.2) is 23.4 Å². The van der Waals surface area contributed by atoms with E-state index in [1.165, 1.54) is 24.3 Å². The standard InChI is InChI=1S/C7H9NO4S2/c1-14(11,12)8-6-2-4-7(5-3-6)13(9)10/h2-5,8H,1H3,(H,9,10)/p-1. The van der Waals surface area contributed by atoms with E-state index >= 15 is 0 Å². The lowest BCUT2D eigenvalue weighted by molar-refractivity contribution is 0.537. The summed E-state index contributed by atoms with van der Waals surface area (Å²) in [6.07, 6.45) is 1.02. The molecule has 0 radical (unpaired) electrons. The van der Waals surface area contributed by atoms with Gasteiger partial charge in [0, 0.05) is 10.6 Å². The van der Waals surface area contributed by atoms with Crippen molar-refractivity contribution >= 4 is 26.8 Å². The molecule has 1 atom stereocenters. The Bertz CT molecular complexity index is 437. The SMILES string of the molecule is CS(=O)(=O)Nc1ccc(S(=O)[O-])cc1. The summed E-state index contributed by atoms with van der Waals surface area (Å²) in [5, 5.41) is 0. The van der Waals surface area contributed by atoms with E-state index in [0.717, 1.165) is 6.26 Å². The third-order valence-corrected chi connectivity index (χ3v) is 2.61. The number of anilines is 1. The molecule has 0 aromatic heterocycles. The van der Waals surface area contributed by atoms with E-state index in [4.69, 9.17) is 0 Å². The zero-order chi connectivity index (χ0) is 10.8. The second kappa shape index (κ2) is 4.07. The fourth-order valence-electron chi connectivity index (χ4n) is 0.848. The van der Waals surface area contributed by atoms with Gasteiger partial charge in [0.15, 0.2) is 0 Å². The number of benzene rings is 1. The van der Waals surface area contributed by atoms with Gasteiger partial charge in [0.25, 0.3) is 0 Å². The first-order valence-corrected chi connectivity index (χ1v) is 6.52. The van der Waals surface area contributed by atoms with Crippen molar-refractivity contribution in [2.75, 3.05) is 11.0 Å². The Balaban J connectivity index is 2.90. The number of sulfonamides is 1.